The standard InChI is InChI=1S/C75H130O6/c1-4-7-10-13-16-19-22-25-27-29-31-32-33-34-35-36-37-38-39-40-41-42-44-45-47-50-53-56-59-62-65-68-74(77)80-71-72(70-79-73(76)67-64-61-58-55-52-49-24-21-18-15-12-9-6-3)81-75(78)69-66-63-60-57-54-51-48-46-43-30-28-26-23-20-17-14-11-8-5-2/h7-8,10-11,16-17,19-20,25-28,31-32,43,46,72H,4-6,9,12-15,18,21-24,29-30,33-42,44-45,47-71H2,1-3H3/b10-7-,11-8-,19-16-,20-17-,27-25-,28-26-,32-31-,46-43-. The van der Waals surface area contributed by atoms with Crippen molar-refractivity contribution in [2.45, 2.75) is 348 Å². The second-order valence-corrected chi connectivity index (χ2v) is 23.0. The molecule has 0 N–H and O–H groups in total. The third-order valence-corrected chi connectivity index (χ3v) is 15.1. The topological polar surface area (TPSA) is 78.9 Å². The quantitative estimate of drug-likeness (QED) is 0.0261. The van der Waals surface area contributed by atoms with Crippen LogP contribution in [0.4, 0.5) is 0 Å². The predicted molar refractivity (Wildman–Crippen MR) is 353 cm³/mol. The number of rotatable bonds is 63. The van der Waals surface area contributed by atoms with E-state index in [0.717, 1.165) is 122 Å². The van der Waals surface area contributed by atoms with Gasteiger partial charge < -0.3 is 14.2 Å². The predicted octanol–water partition coefficient (Wildman–Crippen LogP) is 24.0. The van der Waals surface area contributed by atoms with Crippen molar-refractivity contribution < 1.29 is 28.6 Å². The molecule has 0 amide bonds. The molecule has 0 aliphatic rings. The molecular weight excluding hydrogens is 997 g/mol. The SMILES string of the molecule is CC/C=C\C/C=C\C/C=C\C/C=C\CCCCCCCCCCCCCCCCCCCCC(=O)OCC(COC(=O)CCCCCCCCCCCCCCC)OC(=O)CCCCCCCC/C=C\C/C=C\C/C=C\C/C=C\CC. The van der Waals surface area contributed by atoms with Gasteiger partial charge in [0, 0.05) is 19.3 Å². The van der Waals surface area contributed by atoms with Crippen molar-refractivity contribution in [1.82, 2.24) is 0 Å². The highest BCUT2D eigenvalue weighted by Crippen LogP contribution is 2.18. The summed E-state index contributed by atoms with van der Waals surface area (Å²) < 4.78 is 17.0. The Kier molecular flexibility index (Phi) is 65.7. The van der Waals surface area contributed by atoms with Crippen LogP contribution >= 0.6 is 0 Å². The highest BCUT2D eigenvalue weighted by Gasteiger charge is 2.19. The largest absolute Gasteiger partial charge is 0.462 e. The first kappa shape index (κ1) is 77.3. The van der Waals surface area contributed by atoms with Gasteiger partial charge in [-0.2, -0.15) is 0 Å². The molecule has 466 valence electrons. The van der Waals surface area contributed by atoms with Gasteiger partial charge in [-0.05, 0) is 96.3 Å². The van der Waals surface area contributed by atoms with Crippen molar-refractivity contribution in [2.24, 2.45) is 0 Å². The smallest absolute Gasteiger partial charge is 0.306 e. The van der Waals surface area contributed by atoms with Crippen LogP contribution in [-0.2, 0) is 28.6 Å². The number of carbonyl (C=O) groups is 3. The van der Waals surface area contributed by atoms with E-state index in [0.29, 0.717) is 19.3 Å². The van der Waals surface area contributed by atoms with Gasteiger partial charge in [-0.3, -0.25) is 14.4 Å². The van der Waals surface area contributed by atoms with Crippen LogP contribution in [0.3, 0.4) is 0 Å². The van der Waals surface area contributed by atoms with Crippen molar-refractivity contribution in [3.05, 3.63) is 97.2 Å². The van der Waals surface area contributed by atoms with E-state index in [4.69, 9.17) is 14.2 Å². The zero-order valence-corrected chi connectivity index (χ0v) is 53.5. The fourth-order valence-electron chi connectivity index (χ4n) is 9.96. The van der Waals surface area contributed by atoms with E-state index in [1.54, 1.807) is 0 Å². The lowest BCUT2D eigenvalue weighted by Crippen LogP contribution is -2.30. The number of unbranched alkanes of at least 4 members (excludes halogenated alkanes) is 36. The molecule has 0 fully saturated rings. The maximum absolute atomic E-state index is 12.9. The highest BCUT2D eigenvalue weighted by atomic mass is 16.6. The zero-order chi connectivity index (χ0) is 58.5. The summed E-state index contributed by atoms with van der Waals surface area (Å²) in [5.41, 5.74) is 0. The molecule has 6 nitrogen and oxygen atoms in total. The first-order valence-electron chi connectivity index (χ1n) is 34.7. The molecule has 0 aliphatic carbocycles. The Balaban J connectivity index is 4.21. The lowest BCUT2D eigenvalue weighted by atomic mass is 10.0. The summed E-state index contributed by atoms with van der Waals surface area (Å²) in [6.07, 6.45) is 92.9. The van der Waals surface area contributed by atoms with Crippen LogP contribution in [0, 0.1) is 0 Å². The first-order valence-corrected chi connectivity index (χ1v) is 34.7. The average Bonchev–Trinajstić information content (AvgIpc) is 3.46. The summed E-state index contributed by atoms with van der Waals surface area (Å²) in [5, 5.41) is 0. The van der Waals surface area contributed by atoms with Crippen molar-refractivity contribution in [2.75, 3.05) is 13.2 Å². The van der Waals surface area contributed by atoms with Gasteiger partial charge >= 0.3 is 17.9 Å². The Bertz CT molecular complexity index is 1580. The number of hydrogen-bond acceptors (Lipinski definition) is 6. The minimum atomic E-state index is -0.784. The van der Waals surface area contributed by atoms with E-state index >= 15 is 0 Å². The Morgan fingerprint density at radius 1 is 0.259 bits per heavy atom. The second kappa shape index (κ2) is 68.8. The monoisotopic (exact) mass is 1130 g/mol. The van der Waals surface area contributed by atoms with Gasteiger partial charge in [-0.1, -0.05) is 323 Å². The maximum Gasteiger partial charge on any atom is 0.306 e. The van der Waals surface area contributed by atoms with E-state index in [-0.39, 0.29) is 31.1 Å². The van der Waals surface area contributed by atoms with E-state index in [9.17, 15) is 14.4 Å². The number of hydrogen-bond donors (Lipinski definition) is 0. The molecule has 0 heterocycles. The van der Waals surface area contributed by atoms with Gasteiger partial charge in [-0.15, -0.1) is 0 Å². The molecule has 1 unspecified atom stereocenters. The van der Waals surface area contributed by atoms with Crippen LogP contribution < -0.4 is 0 Å². The minimum Gasteiger partial charge on any atom is -0.462 e. The molecule has 81 heavy (non-hydrogen) atoms. The number of carbonyl (C=O) groups excluding carboxylic acids is 3. The van der Waals surface area contributed by atoms with Crippen LogP contribution in [0.15, 0.2) is 97.2 Å². The number of ether oxygens (including phenoxy) is 3. The molecule has 0 aromatic carbocycles. The van der Waals surface area contributed by atoms with Crippen molar-refractivity contribution in [3.63, 3.8) is 0 Å². The van der Waals surface area contributed by atoms with Crippen LogP contribution in [0.1, 0.15) is 342 Å². The van der Waals surface area contributed by atoms with E-state index in [1.807, 2.05) is 0 Å². The summed E-state index contributed by atoms with van der Waals surface area (Å²) in [5.74, 6) is -0.875. The van der Waals surface area contributed by atoms with E-state index < -0.39 is 6.10 Å². The summed E-state index contributed by atoms with van der Waals surface area (Å²) in [4.78, 5) is 38.4. The Morgan fingerprint density at radius 3 is 0.753 bits per heavy atom. The Morgan fingerprint density at radius 2 is 0.481 bits per heavy atom. The van der Waals surface area contributed by atoms with Gasteiger partial charge in [0.15, 0.2) is 6.10 Å². The van der Waals surface area contributed by atoms with Crippen LogP contribution in [0.2, 0.25) is 0 Å². The first-order chi connectivity index (χ1) is 40.0. The fourth-order valence-corrected chi connectivity index (χ4v) is 9.96. The number of esters is 3. The summed E-state index contributed by atoms with van der Waals surface area (Å²) >= 11 is 0. The Labute approximate surface area is 502 Å². The summed E-state index contributed by atoms with van der Waals surface area (Å²) in [6, 6.07) is 0. The van der Waals surface area contributed by atoms with Crippen LogP contribution in [0.25, 0.3) is 0 Å². The highest BCUT2D eigenvalue weighted by molar-refractivity contribution is 5.71. The maximum atomic E-state index is 12.9. The van der Waals surface area contributed by atoms with Gasteiger partial charge in [0.25, 0.3) is 0 Å². The van der Waals surface area contributed by atoms with Gasteiger partial charge in [0.05, 0.1) is 0 Å². The molecule has 0 aromatic rings. The average molecular weight is 1130 g/mol. The molecule has 0 saturated carbocycles. The lowest BCUT2D eigenvalue weighted by molar-refractivity contribution is -0.167. The van der Waals surface area contributed by atoms with E-state index in [2.05, 4.69) is 118 Å². The molecule has 0 rings (SSSR count). The van der Waals surface area contributed by atoms with E-state index in [1.165, 1.54) is 180 Å². The molecule has 6 heteroatoms. The molecule has 0 saturated heterocycles. The molecule has 0 aromatic heterocycles. The number of allylic oxidation sites excluding steroid dienone is 16. The summed E-state index contributed by atoms with van der Waals surface area (Å²) in [6.45, 7) is 6.44. The third kappa shape index (κ3) is 67.0. The van der Waals surface area contributed by atoms with Gasteiger partial charge in [-0.25, -0.2) is 0 Å². The van der Waals surface area contributed by atoms with Crippen molar-refractivity contribution >= 4 is 17.9 Å². The van der Waals surface area contributed by atoms with Gasteiger partial charge in [0.1, 0.15) is 13.2 Å². The van der Waals surface area contributed by atoms with Crippen molar-refractivity contribution in [1.29, 1.82) is 0 Å². The minimum absolute atomic E-state index is 0.0785. The Hall–Kier alpha value is -3.67. The van der Waals surface area contributed by atoms with Crippen LogP contribution in [-0.4, -0.2) is 37.2 Å². The van der Waals surface area contributed by atoms with Crippen LogP contribution in [0.5, 0.6) is 0 Å². The molecule has 1 atom stereocenters. The normalized spacial score (nSPS) is 12.7. The molecule has 0 aliphatic heterocycles. The lowest BCUT2D eigenvalue weighted by Gasteiger charge is -2.18. The van der Waals surface area contributed by atoms with Gasteiger partial charge in [0.2, 0.25) is 0 Å². The molecular formula is C75H130O6. The fraction of sp³-hybridized carbons (Fsp3) is 0.747. The molecule has 0 radical (unpaired) electrons. The molecule has 0 spiro atoms. The zero-order valence-electron chi connectivity index (χ0n) is 53.5. The molecule has 0 bridgehead atoms. The summed E-state index contributed by atoms with van der Waals surface area (Å²) in [7, 11) is 0. The third-order valence-electron chi connectivity index (χ3n) is 15.1. The van der Waals surface area contributed by atoms with Crippen molar-refractivity contribution in [3.8, 4) is 0 Å². The second-order valence-electron chi connectivity index (χ2n) is 23.0.